The Kier molecular flexibility index (Phi) is 2.32. The van der Waals surface area contributed by atoms with E-state index in [9.17, 15) is 4.79 Å². The van der Waals surface area contributed by atoms with Crippen LogP contribution in [0.25, 0.3) is 0 Å². The predicted molar refractivity (Wildman–Crippen MR) is 43.2 cm³/mol. The molecule has 1 saturated carbocycles. The second-order valence-corrected chi connectivity index (χ2v) is 3.06. The normalized spacial score (nSPS) is 19.0. The van der Waals surface area contributed by atoms with Crippen LogP contribution in [-0.4, -0.2) is 11.6 Å². The van der Waals surface area contributed by atoms with Gasteiger partial charge in [-0.3, -0.25) is 0 Å². The summed E-state index contributed by atoms with van der Waals surface area (Å²) in [5.41, 5.74) is -0.0972. The highest BCUT2D eigenvalue weighted by Crippen LogP contribution is 2.43. The molecule has 0 bridgehead atoms. The molecular weight excluding hydrogens is 140 g/mol. The first kappa shape index (κ1) is 8.31. The molecule has 0 heterocycles. The molecule has 0 radical (unpaired) electrons. The van der Waals surface area contributed by atoms with Gasteiger partial charge in [0.1, 0.15) is 5.60 Å². The third kappa shape index (κ3) is 2.07. The van der Waals surface area contributed by atoms with E-state index in [1.54, 1.807) is 0 Å². The highest BCUT2D eigenvalue weighted by molar-refractivity contribution is 5.81. The van der Waals surface area contributed by atoms with Crippen LogP contribution in [0.3, 0.4) is 0 Å². The first-order chi connectivity index (χ1) is 5.22. The second-order valence-electron chi connectivity index (χ2n) is 3.06. The standard InChI is InChI=1S/C9H14O2/c1-3-5-9(6-7-9)11-8(10)4-2/h4H,2-3,5-7H2,1H3. The third-order valence-corrected chi connectivity index (χ3v) is 2.00. The van der Waals surface area contributed by atoms with Crippen LogP contribution in [0.2, 0.25) is 0 Å². The maximum atomic E-state index is 10.8. The Morgan fingerprint density at radius 2 is 2.36 bits per heavy atom. The van der Waals surface area contributed by atoms with Gasteiger partial charge in [-0.25, -0.2) is 4.79 Å². The zero-order chi connectivity index (χ0) is 8.32. The molecule has 0 amide bonds. The van der Waals surface area contributed by atoms with Crippen molar-refractivity contribution in [3.8, 4) is 0 Å². The fourth-order valence-corrected chi connectivity index (χ4v) is 1.25. The maximum absolute atomic E-state index is 10.8. The van der Waals surface area contributed by atoms with Gasteiger partial charge in [0.15, 0.2) is 0 Å². The van der Waals surface area contributed by atoms with Crippen LogP contribution < -0.4 is 0 Å². The lowest BCUT2D eigenvalue weighted by Gasteiger charge is -2.13. The van der Waals surface area contributed by atoms with E-state index >= 15 is 0 Å². The average Bonchev–Trinajstić information content (AvgIpc) is 2.70. The minimum Gasteiger partial charge on any atom is -0.456 e. The number of ether oxygens (including phenoxy) is 1. The van der Waals surface area contributed by atoms with Gasteiger partial charge in [0, 0.05) is 6.08 Å². The molecule has 11 heavy (non-hydrogen) atoms. The van der Waals surface area contributed by atoms with Gasteiger partial charge in [0.25, 0.3) is 0 Å². The molecule has 2 nitrogen and oxygen atoms in total. The summed E-state index contributed by atoms with van der Waals surface area (Å²) in [7, 11) is 0. The zero-order valence-electron chi connectivity index (χ0n) is 6.93. The van der Waals surface area contributed by atoms with E-state index < -0.39 is 0 Å². The molecule has 0 aromatic heterocycles. The zero-order valence-corrected chi connectivity index (χ0v) is 6.93. The molecule has 0 saturated heterocycles. The first-order valence-corrected chi connectivity index (χ1v) is 4.08. The lowest BCUT2D eigenvalue weighted by atomic mass is 10.2. The smallest absolute Gasteiger partial charge is 0.330 e. The topological polar surface area (TPSA) is 26.3 Å². The van der Waals surface area contributed by atoms with E-state index in [1.165, 1.54) is 6.08 Å². The number of rotatable bonds is 4. The summed E-state index contributed by atoms with van der Waals surface area (Å²) in [6.07, 6.45) is 5.35. The molecule has 1 fully saturated rings. The minimum atomic E-state index is -0.282. The molecule has 2 heteroatoms. The summed E-state index contributed by atoms with van der Waals surface area (Å²) in [5.74, 6) is -0.282. The van der Waals surface area contributed by atoms with Crippen molar-refractivity contribution in [1.29, 1.82) is 0 Å². The molecule has 0 aromatic rings. The van der Waals surface area contributed by atoms with E-state index in [0.29, 0.717) is 0 Å². The fraction of sp³-hybridized carbons (Fsp3) is 0.667. The summed E-state index contributed by atoms with van der Waals surface area (Å²) in [4.78, 5) is 10.8. The maximum Gasteiger partial charge on any atom is 0.330 e. The second kappa shape index (κ2) is 3.07. The summed E-state index contributed by atoms with van der Waals surface area (Å²) in [6.45, 7) is 5.46. The summed E-state index contributed by atoms with van der Waals surface area (Å²) in [5, 5.41) is 0. The summed E-state index contributed by atoms with van der Waals surface area (Å²) >= 11 is 0. The molecule has 0 atom stereocenters. The molecule has 1 aliphatic rings. The van der Waals surface area contributed by atoms with E-state index in [4.69, 9.17) is 4.74 Å². The lowest BCUT2D eigenvalue weighted by molar-refractivity contribution is -0.145. The van der Waals surface area contributed by atoms with Crippen LogP contribution in [0, 0.1) is 0 Å². The van der Waals surface area contributed by atoms with Crippen molar-refractivity contribution >= 4 is 5.97 Å². The molecule has 0 spiro atoms. The average molecular weight is 154 g/mol. The van der Waals surface area contributed by atoms with Crippen LogP contribution in [0.5, 0.6) is 0 Å². The summed E-state index contributed by atoms with van der Waals surface area (Å²) < 4.78 is 5.18. The van der Waals surface area contributed by atoms with Gasteiger partial charge in [0.05, 0.1) is 0 Å². The van der Waals surface area contributed by atoms with Crippen LogP contribution >= 0.6 is 0 Å². The highest BCUT2D eigenvalue weighted by Gasteiger charge is 2.45. The number of hydrogen-bond acceptors (Lipinski definition) is 2. The van der Waals surface area contributed by atoms with Gasteiger partial charge in [-0.05, 0) is 19.3 Å². The fourth-order valence-electron chi connectivity index (χ4n) is 1.25. The number of carbonyl (C=O) groups excluding carboxylic acids is 1. The Balaban J connectivity index is 2.34. The van der Waals surface area contributed by atoms with Crippen LogP contribution in [0.4, 0.5) is 0 Å². The monoisotopic (exact) mass is 154 g/mol. The molecule has 62 valence electrons. The van der Waals surface area contributed by atoms with Crippen molar-refractivity contribution in [1.82, 2.24) is 0 Å². The predicted octanol–water partition coefficient (Wildman–Crippen LogP) is 2.05. The van der Waals surface area contributed by atoms with Gasteiger partial charge in [-0.1, -0.05) is 19.9 Å². The van der Waals surface area contributed by atoms with Crippen molar-refractivity contribution in [2.75, 3.05) is 0 Å². The molecule has 1 aliphatic carbocycles. The van der Waals surface area contributed by atoms with Crippen molar-refractivity contribution in [3.05, 3.63) is 12.7 Å². The molecule has 0 unspecified atom stereocenters. The molecule has 0 aromatic carbocycles. The highest BCUT2D eigenvalue weighted by atomic mass is 16.6. The van der Waals surface area contributed by atoms with Gasteiger partial charge < -0.3 is 4.74 Å². The Hall–Kier alpha value is -0.790. The van der Waals surface area contributed by atoms with E-state index in [1.807, 2.05) is 0 Å². The van der Waals surface area contributed by atoms with Crippen molar-refractivity contribution in [2.24, 2.45) is 0 Å². The van der Waals surface area contributed by atoms with Crippen LogP contribution in [-0.2, 0) is 9.53 Å². The molecule has 0 aliphatic heterocycles. The molecule has 0 N–H and O–H groups in total. The van der Waals surface area contributed by atoms with Gasteiger partial charge in [-0.15, -0.1) is 0 Å². The number of carbonyl (C=O) groups is 1. The number of esters is 1. The quantitative estimate of drug-likeness (QED) is 0.457. The first-order valence-electron chi connectivity index (χ1n) is 4.08. The Bertz CT molecular complexity index is 168. The van der Waals surface area contributed by atoms with Crippen molar-refractivity contribution in [2.45, 2.75) is 38.2 Å². The summed E-state index contributed by atoms with van der Waals surface area (Å²) in [6, 6.07) is 0. The van der Waals surface area contributed by atoms with Crippen molar-refractivity contribution in [3.63, 3.8) is 0 Å². The van der Waals surface area contributed by atoms with Gasteiger partial charge in [-0.2, -0.15) is 0 Å². The van der Waals surface area contributed by atoms with E-state index in [0.717, 1.165) is 25.7 Å². The Morgan fingerprint density at radius 3 is 2.73 bits per heavy atom. The largest absolute Gasteiger partial charge is 0.456 e. The Labute approximate surface area is 67.2 Å². The van der Waals surface area contributed by atoms with Crippen LogP contribution in [0.15, 0.2) is 12.7 Å². The Morgan fingerprint density at radius 1 is 1.73 bits per heavy atom. The van der Waals surface area contributed by atoms with E-state index in [-0.39, 0.29) is 11.6 Å². The minimum absolute atomic E-state index is 0.0972. The van der Waals surface area contributed by atoms with Gasteiger partial charge in [0.2, 0.25) is 0 Å². The van der Waals surface area contributed by atoms with Crippen molar-refractivity contribution < 1.29 is 9.53 Å². The SMILES string of the molecule is C=CC(=O)OC1(CCC)CC1. The van der Waals surface area contributed by atoms with Crippen LogP contribution in [0.1, 0.15) is 32.6 Å². The van der Waals surface area contributed by atoms with Gasteiger partial charge >= 0.3 is 5.97 Å². The lowest BCUT2D eigenvalue weighted by Crippen LogP contribution is -2.17. The van der Waals surface area contributed by atoms with E-state index in [2.05, 4.69) is 13.5 Å². The molecule has 1 rings (SSSR count). The molecular formula is C9H14O2. The number of hydrogen-bond donors (Lipinski definition) is 0. The third-order valence-electron chi connectivity index (χ3n) is 2.00.